The van der Waals surface area contributed by atoms with Crippen molar-refractivity contribution >= 4 is 23.3 Å². The van der Waals surface area contributed by atoms with Crippen molar-refractivity contribution in [2.75, 3.05) is 7.11 Å². The van der Waals surface area contributed by atoms with E-state index in [-0.39, 0.29) is 23.8 Å². The fourth-order valence-corrected chi connectivity index (χ4v) is 2.32. The summed E-state index contributed by atoms with van der Waals surface area (Å²) in [6.45, 7) is 1.47. The smallest absolute Gasteiger partial charge is 0.373 e. The SMILES string of the molecule is COC(=O)c1ccc(COC(=O)Cn2c(C)csc2=O)o1. The van der Waals surface area contributed by atoms with Gasteiger partial charge in [-0.05, 0) is 19.1 Å². The summed E-state index contributed by atoms with van der Waals surface area (Å²) in [7, 11) is 1.24. The number of aromatic nitrogens is 1. The van der Waals surface area contributed by atoms with Crippen LogP contribution in [-0.4, -0.2) is 23.6 Å². The number of carbonyl (C=O) groups excluding carboxylic acids is 2. The number of aryl methyl sites for hydroxylation is 1. The summed E-state index contributed by atoms with van der Waals surface area (Å²) < 4.78 is 16.0. The van der Waals surface area contributed by atoms with E-state index in [4.69, 9.17) is 9.15 Å². The molecule has 0 radical (unpaired) electrons. The van der Waals surface area contributed by atoms with Gasteiger partial charge in [0.1, 0.15) is 18.9 Å². The highest BCUT2D eigenvalue weighted by atomic mass is 32.1. The lowest BCUT2D eigenvalue weighted by molar-refractivity contribution is -0.146. The van der Waals surface area contributed by atoms with Gasteiger partial charge >= 0.3 is 16.8 Å². The van der Waals surface area contributed by atoms with E-state index in [1.165, 1.54) is 23.8 Å². The Bertz CT molecular complexity index is 710. The molecule has 0 fully saturated rings. The number of nitrogens with zero attached hydrogens (tertiary/aromatic N) is 1. The van der Waals surface area contributed by atoms with Gasteiger partial charge in [-0.3, -0.25) is 14.2 Å². The largest absolute Gasteiger partial charge is 0.463 e. The van der Waals surface area contributed by atoms with E-state index >= 15 is 0 Å². The minimum atomic E-state index is -0.604. The van der Waals surface area contributed by atoms with E-state index in [1.807, 2.05) is 0 Å². The molecule has 0 unspecified atom stereocenters. The van der Waals surface area contributed by atoms with Crippen molar-refractivity contribution in [1.29, 1.82) is 0 Å². The lowest BCUT2D eigenvalue weighted by Gasteiger charge is -2.04. The normalized spacial score (nSPS) is 10.4. The van der Waals surface area contributed by atoms with Crippen LogP contribution in [0, 0.1) is 6.92 Å². The van der Waals surface area contributed by atoms with Gasteiger partial charge in [0.2, 0.25) is 5.76 Å². The van der Waals surface area contributed by atoms with Crippen molar-refractivity contribution in [2.24, 2.45) is 0 Å². The van der Waals surface area contributed by atoms with Crippen LogP contribution in [0.15, 0.2) is 26.7 Å². The third-order valence-electron chi connectivity index (χ3n) is 2.69. The van der Waals surface area contributed by atoms with Crippen LogP contribution < -0.4 is 4.87 Å². The highest BCUT2D eigenvalue weighted by Gasteiger charge is 2.13. The molecule has 0 bridgehead atoms. The molecule has 2 rings (SSSR count). The molecule has 2 heterocycles. The molecule has 0 aromatic carbocycles. The van der Waals surface area contributed by atoms with E-state index < -0.39 is 11.9 Å². The Labute approximate surface area is 123 Å². The van der Waals surface area contributed by atoms with Crippen LogP contribution >= 0.6 is 11.3 Å². The monoisotopic (exact) mass is 311 g/mol. The number of hydrogen-bond acceptors (Lipinski definition) is 7. The Morgan fingerprint density at radius 1 is 1.38 bits per heavy atom. The molecule has 2 aromatic heterocycles. The Hall–Kier alpha value is -2.35. The highest BCUT2D eigenvalue weighted by Crippen LogP contribution is 2.10. The van der Waals surface area contributed by atoms with Gasteiger partial charge in [-0.2, -0.15) is 0 Å². The zero-order chi connectivity index (χ0) is 15.4. The van der Waals surface area contributed by atoms with Crippen LogP contribution in [-0.2, 0) is 27.4 Å². The predicted molar refractivity (Wildman–Crippen MR) is 73.2 cm³/mol. The second kappa shape index (κ2) is 6.40. The molecule has 0 atom stereocenters. The molecule has 2 aromatic rings. The second-order valence-electron chi connectivity index (χ2n) is 4.15. The van der Waals surface area contributed by atoms with Crippen LogP contribution in [0.1, 0.15) is 22.0 Å². The maximum Gasteiger partial charge on any atom is 0.373 e. The fourth-order valence-electron chi connectivity index (χ4n) is 1.59. The van der Waals surface area contributed by atoms with Gasteiger partial charge in [0.25, 0.3) is 0 Å². The molecule has 0 saturated heterocycles. The Morgan fingerprint density at radius 3 is 2.76 bits per heavy atom. The van der Waals surface area contributed by atoms with Crippen molar-refractivity contribution < 1.29 is 23.5 Å². The lowest BCUT2D eigenvalue weighted by Crippen LogP contribution is -2.22. The molecular formula is C13H13NO6S. The van der Waals surface area contributed by atoms with Crippen molar-refractivity contribution in [1.82, 2.24) is 4.57 Å². The van der Waals surface area contributed by atoms with Gasteiger partial charge in [-0.1, -0.05) is 11.3 Å². The number of carbonyl (C=O) groups is 2. The first-order valence-electron chi connectivity index (χ1n) is 5.99. The highest BCUT2D eigenvalue weighted by molar-refractivity contribution is 7.07. The van der Waals surface area contributed by atoms with Gasteiger partial charge in [-0.15, -0.1) is 0 Å². The van der Waals surface area contributed by atoms with E-state index in [1.54, 1.807) is 12.3 Å². The quantitative estimate of drug-likeness (QED) is 0.774. The average Bonchev–Trinajstić information content (AvgIpc) is 3.06. The number of ether oxygens (including phenoxy) is 2. The number of thiazole rings is 1. The maximum absolute atomic E-state index is 11.7. The molecule has 0 amide bonds. The topological polar surface area (TPSA) is 87.7 Å². The lowest BCUT2D eigenvalue weighted by atomic mass is 10.4. The summed E-state index contributed by atoms with van der Waals surface area (Å²) >= 11 is 1.03. The first kappa shape index (κ1) is 15.0. The zero-order valence-electron chi connectivity index (χ0n) is 11.5. The Balaban J connectivity index is 1.91. The number of rotatable bonds is 5. The summed E-state index contributed by atoms with van der Waals surface area (Å²) in [6.07, 6.45) is 0. The Kier molecular flexibility index (Phi) is 4.59. The Morgan fingerprint density at radius 2 is 2.14 bits per heavy atom. The van der Waals surface area contributed by atoms with Crippen molar-refractivity contribution in [3.8, 4) is 0 Å². The summed E-state index contributed by atoms with van der Waals surface area (Å²) in [5.41, 5.74) is 0.702. The summed E-state index contributed by atoms with van der Waals surface area (Å²) in [4.78, 5) is 34.1. The first-order valence-corrected chi connectivity index (χ1v) is 6.87. The van der Waals surface area contributed by atoms with Gasteiger partial charge in [0.05, 0.1) is 7.11 Å². The first-order chi connectivity index (χ1) is 10.0. The number of furan rings is 1. The van der Waals surface area contributed by atoms with Gasteiger partial charge < -0.3 is 13.9 Å². The van der Waals surface area contributed by atoms with E-state index in [0.29, 0.717) is 11.5 Å². The van der Waals surface area contributed by atoms with Crippen molar-refractivity contribution in [2.45, 2.75) is 20.1 Å². The van der Waals surface area contributed by atoms with Gasteiger partial charge in [0, 0.05) is 11.1 Å². The number of esters is 2. The summed E-state index contributed by atoms with van der Waals surface area (Å²) in [6, 6.07) is 2.95. The molecule has 112 valence electrons. The molecule has 0 spiro atoms. The summed E-state index contributed by atoms with van der Waals surface area (Å²) in [5, 5.41) is 1.67. The summed E-state index contributed by atoms with van der Waals surface area (Å²) in [5.74, 6) is -0.811. The van der Waals surface area contributed by atoms with Crippen LogP contribution in [0.25, 0.3) is 0 Å². The number of methoxy groups -OCH3 is 1. The standard InChI is InChI=1S/C13H13NO6S/c1-8-7-21-13(17)14(8)5-11(15)19-6-9-3-4-10(20-9)12(16)18-2/h3-4,7H,5-6H2,1-2H3. The molecule has 8 heteroatoms. The minimum Gasteiger partial charge on any atom is -0.463 e. The predicted octanol–water partition coefficient (Wildman–Crippen LogP) is 1.34. The fraction of sp³-hybridized carbons (Fsp3) is 0.308. The third-order valence-corrected chi connectivity index (χ3v) is 3.57. The van der Waals surface area contributed by atoms with Crippen molar-refractivity contribution in [3.63, 3.8) is 0 Å². The molecule has 0 aliphatic rings. The molecule has 0 aliphatic heterocycles. The van der Waals surface area contributed by atoms with E-state index in [0.717, 1.165) is 11.3 Å². The molecular weight excluding hydrogens is 298 g/mol. The maximum atomic E-state index is 11.7. The van der Waals surface area contributed by atoms with E-state index in [9.17, 15) is 14.4 Å². The van der Waals surface area contributed by atoms with Gasteiger partial charge in [0.15, 0.2) is 0 Å². The molecule has 0 saturated carbocycles. The van der Waals surface area contributed by atoms with Crippen molar-refractivity contribution in [3.05, 3.63) is 44.4 Å². The van der Waals surface area contributed by atoms with Crippen LogP contribution in [0.5, 0.6) is 0 Å². The van der Waals surface area contributed by atoms with Crippen LogP contribution in [0.3, 0.4) is 0 Å². The number of hydrogen-bond donors (Lipinski definition) is 0. The zero-order valence-corrected chi connectivity index (χ0v) is 12.3. The molecule has 0 aliphatic carbocycles. The second-order valence-corrected chi connectivity index (χ2v) is 4.97. The third kappa shape index (κ3) is 3.60. The van der Waals surface area contributed by atoms with Gasteiger partial charge in [-0.25, -0.2) is 4.79 Å². The van der Waals surface area contributed by atoms with Crippen LogP contribution in [0.4, 0.5) is 0 Å². The molecule has 0 N–H and O–H groups in total. The molecule has 21 heavy (non-hydrogen) atoms. The van der Waals surface area contributed by atoms with E-state index in [2.05, 4.69) is 4.74 Å². The molecule has 7 nitrogen and oxygen atoms in total. The average molecular weight is 311 g/mol. The minimum absolute atomic E-state index is 0.0356. The van der Waals surface area contributed by atoms with Crippen LogP contribution in [0.2, 0.25) is 0 Å².